The van der Waals surface area contributed by atoms with E-state index in [1.807, 2.05) is 4.98 Å². The van der Waals surface area contributed by atoms with E-state index in [4.69, 9.17) is 10.5 Å². The predicted molar refractivity (Wildman–Crippen MR) is 71.1 cm³/mol. The molecule has 1 aromatic heterocycles. The Morgan fingerprint density at radius 1 is 1.62 bits per heavy atom. The summed E-state index contributed by atoms with van der Waals surface area (Å²) in [5, 5.41) is 19.9. The molecule has 0 aromatic carbocycles. The maximum absolute atomic E-state index is 11.8. The third kappa shape index (κ3) is 2.50. The molecule has 0 amide bonds. The normalized spacial score (nSPS) is 33.3. The van der Waals surface area contributed by atoms with Crippen molar-refractivity contribution < 1.29 is 14.9 Å². The molecular weight excluding hydrogens is 280 g/mol. The molecule has 1 fully saturated rings. The zero-order valence-corrected chi connectivity index (χ0v) is 11.5. The number of hydrogen-bond acceptors (Lipinski definition) is 7. The van der Waals surface area contributed by atoms with E-state index in [1.165, 1.54) is 13.8 Å². The number of ether oxygens (including phenoxy) is 1. The minimum atomic E-state index is -1.62. The highest BCUT2D eigenvalue weighted by molar-refractivity contribution is 5.25. The van der Waals surface area contributed by atoms with E-state index in [2.05, 4.69) is 16.8 Å². The topological polar surface area (TPSA) is 143 Å². The molecule has 1 aliphatic rings. The highest BCUT2D eigenvalue weighted by Crippen LogP contribution is 2.36. The van der Waals surface area contributed by atoms with Gasteiger partial charge in [0.05, 0.1) is 6.10 Å². The Morgan fingerprint density at radius 2 is 2.29 bits per heavy atom. The molecule has 114 valence electrons. The van der Waals surface area contributed by atoms with Gasteiger partial charge < -0.3 is 20.7 Å². The number of nitrogens with zero attached hydrogens (tertiary/aromatic N) is 2. The first-order chi connectivity index (χ1) is 9.81. The molecule has 5 N–H and O–H groups in total. The summed E-state index contributed by atoms with van der Waals surface area (Å²) in [6, 6.07) is 0. The molecule has 1 saturated heterocycles. The molecule has 0 radical (unpaired) electrons. The van der Waals surface area contributed by atoms with Gasteiger partial charge in [0.1, 0.15) is 18.5 Å². The number of aliphatic hydroxyl groups excluding tert-OH is 2. The fourth-order valence-electron chi connectivity index (χ4n) is 2.30. The third-order valence-electron chi connectivity index (χ3n) is 3.31. The first-order valence-electron chi connectivity index (χ1n) is 6.23. The van der Waals surface area contributed by atoms with Crippen LogP contribution in [0.4, 0.5) is 0 Å². The number of nitrogens with two attached hydrogens (primary N) is 1. The van der Waals surface area contributed by atoms with E-state index in [1.54, 1.807) is 0 Å². The zero-order valence-electron chi connectivity index (χ0n) is 11.5. The first-order valence-corrected chi connectivity index (χ1v) is 6.23. The second-order valence-corrected chi connectivity index (χ2v) is 4.83. The molecule has 2 rings (SSSR count). The van der Waals surface area contributed by atoms with Crippen LogP contribution in [-0.4, -0.2) is 48.6 Å². The Bertz CT molecular complexity index is 700. The SMILES string of the molecule is CC#CC1(N)[C@@H](O)[C@@H]([C@@H](C)O)O[C@H]1n1cnc(=O)[nH]c1=O. The van der Waals surface area contributed by atoms with E-state index in [0.717, 1.165) is 10.9 Å². The van der Waals surface area contributed by atoms with Crippen molar-refractivity contribution in [1.82, 2.24) is 14.5 Å². The number of aliphatic hydroxyl groups is 2. The molecule has 9 heteroatoms. The summed E-state index contributed by atoms with van der Waals surface area (Å²) in [4.78, 5) is 28.3. The summed E-state index contributed by atoms with van der Waals surface area (Å²) in [6.45, 7) is 2.94. The van der Waals surface area contributed by atoms with Crippen LogP contribution in [0.5, 0.6) is 0 Å². The van der Waals surface area contributed by atoms with Gasteiger partial charge in [0.2, 0.25) is 0 Å². The molecule has 0 saturated carbocycles. The van der Waals surface area contributed by atoms with E-state index in [9.17, 15) is 19.8 Å². The van der Waals surface area contributed by atoms with E-state index in [0.29, 0.717) is 0 Å². The highest BCUT2D eigenvalue weighted by atomic mass is 16.5. The molecule has 1 aromatic rings. The van der Waals surface area contributed by atoms with Crippen molar-refractivity contribution in [3.63, 3.8) is 0 Å². The second kappa shape index (κ2) is 5.42. The summed E-state index contributed by atoms with van der Waals surface area (Å²) in [6.07, 6.45) is -3.62. The van der Waals surface area contributed by atoms with Gasteiger partial charge in [-0.1, -0.05) is 5.92 Å². The van der Waals surface area contributed by atoms with Gasteiger partial charge in [-0.2, -0.15) is 4.98 Å². The second-order valence-electron chi connectivity index (χ2n) is 4.83. The monoisotopic (exact) mass is 296 g/mol. The fraction of sp³-hybridized carbons (Fsp3) is 0.583. The number of aromatic nitrogens is 3. The van der Waals surface area contributed by atoms with Crippen molar-refractivity contribution in [3.05, 3.63) is 27.3 Å². The number of rotatable bonds is 2. The van der Waals surface area contributed by atoms with Gasteiger partial charge >= 0.3 is 11.4 Å². The van der Waals surface area contributed by atoms with Crippen LogP contribution < -0.4 is 17.1 Å². The quantitative estimate of drug-likeness (QED) is 0.434. The molecular formula is C12H16N4O5. The van der Waals surface area contributed by atoms with Crippen molar-refractivity contribution in [2.45, 2.75) is 43.9 Å². The predicted octanol–water partition coefficient (Wildman–Crippen LogP) is -2.71. The summed E-state index contributed by atoms with van der Waals surface area (Å²) in [5.41, 5.74) is 2.85. The van der Waals surface area contributed by atoms with Crippen molar-refractivity contribution in [2.75, 3.05) is 0 Å². The van der Waals surface area contributed by atoms with Crippen LogP contribution in [-0.2, 0) is 4.74 Å². The van der Waals surface area contributed by atoms with E-state index >= 15 is 0 Å². The van der Waals surface area contributed by atoms with Crippen molar-refractivity contribution in [1.29, 1.82) is 0 Å². The number of H-pyrrole nitrogens is 1. The van der Waals surface area contributed by atoms with Crippen LogP contribution in [0.25, 0.3) is 0 Å². The maximum Gasteiger partial charge on any atom is 0.350 e. The smallest absolute Gasteiger partial charge is 0.350 e. The molecule has 0 spiro atoms. The lowest BCUT2D eigenvalue weighted by Gasteiger charge is -2.27. The minimum absolute atomic E-state index is 0.800. The number of hydrogen-bond donors (Lipinski definition) is 4. The average Bonchev–Trinajstić information content (AvgIpc) is 2.64. The van der Waals surface area contributed by atoms with Crippen molar-refractivity contribution in [3.8, 4) is 11.8 Å². The molecule has 9 nitrogen and oxygen atoms in total. The Morgan fingerprint density at radius 3 is 2.81 bits per heavy atom. The third-order valence-corrected chi connectivity index (χ3v) is 3.31. The van der Waals surface area contributed by atoms with Gasteiger partial charge in [-0.25, -0.2) is 9.59 Å². The maximum atomic E-state index is 11.8. The number of aromatic amines is 1. The summed E-state index contributed by atoms with van der Waals surface area (Å²) in [7, 11) is 0. The largest absolute Gasteiger partial charge is 0.391 e. The summed E-state index contributed by atoms with van der Waals surface area (Å²) in [5.74, 6) is 5.17. The van der Waals surface area contributed by atoms with Gasteiger partial charge in [0, 0.05) is 0 Å². The Kier molecular flexibility index (Phi) is 3.97. The minimum Gasteiger partial charge on any atom is -0.391 e. The van der Waals surface area contributed by atoms with Gasteiger partial charge in [0.25, 0.3) is 0 Å². The van der Waals surface area contributed by atoms with Crippen molar-refractivity contribution in [2.24, 2.45) is 5.73 Å². The number of nitrogens with one attached hydrogen (secondary N) is 1. The van der Waals surface area contributed by atoms with Gasteiger partial charge in [0.15, 0.2) is 11.8 Å². The lowest BCUT2D eigenvalue weighted by Crippen LogP contribution is -2.55. The highest BCUT2D eigenvalue weighted by Gasteiger charge is 2.55. The molecule has 0 aliphatic carbocycles. The van der Waals surface area contributed by atoms with Crippen LogP contribution in [0.1, 0.15) is 20.1 Å². The average molecular weight is 296 g/mol. The standard InChI is InChI=1S/C12H16N4O5/c1-3-4-12(13)8(18)7(6(2)17)21-9(12)16-5-14-10(19)15-11(16)20/h5-9,17-18H,13H2,1-2H3,(H,15,19,20)/t6-,7-,8+,9-,12?/m1/s1. The van der Waals surface area contributed by atoms with Crippen LogP contribution in [0.15, 0.2) is 15.9 Å². The summed E-state index contributed by atoms with van der Waals surface area (Å²) >= 11 is 0. The lowest BCUT2D eigenvalue weighted by molar-refractivity contribution is -0.0782. The molecule has 1 unspecified atom stereocenters. The van der Waals surface area contributed by atoms with Crippen LogP contribution in [0.2, 0.25) is 0 Å². The van der Waals surface area contributed by atoms with Crippen molar-refractivity contribution >= 4 is 0 Å². The molecule has 1 aliphatic heterocycles. The fourth-order valence-corrected chi connectivity index (χ4v) is 2.30. The summed E-state index contributed by atoms with van der Waals surface area (Å²) < 4.78 is 6.41. The Labute approximate surface area is 119 Å². The van der Waals surface area contributed by atoms with Crippen LogP contribution in [0.3, 0.4) is 0 Å². The van der Waals surface area contributed by atoms with Gasteiger partial charge in [-0.3, -0.25) is 9.55 Å². The van der Waals surface area contributed by atoms with E-state index in [-0.39, 0.29) is 0 Å². The molecule has 5 atom stereocenters. The Balaban J connectivity index is 2.56. The van der Waals surface area contributed by atoms with Gasteiger partial charge in [-0.15, -0.1) is 5.92 Å². The van der Waals surface area contributed by atoms with Crippen LogP contribution in [0, 0.1) is 11.8 Å². The van der Waals surface area contributed by atoms with E-state index < -0.39 is 41.5 Å². The Hall–Kier alpha value is -1.99. The van der Waals surface area contributed by atoms with Gasteiger partial charge in [-0.05, 0) is 13.8 Å². The zero-order chi connectivity index (χ0) is 15.8. The first kappa shape index (κ1) is 15.4. The van der Waals surface area contributed by atoms with Crippen LogP contribution >= 0.6 is 0 Å². The molecule has 0 bridgehead atoms. The molecule has 21 heavy (non-hydrogen) atoms. The lowest BCUT2D eigenvalue weighted by atomic mass is 9.90. The molecule has 2 heterocycles.